The number of anilines is 1. The molecule has 3 aromatic heterocycles. The van der Waals surface area contributed by atoms with Gasteiger partial charge in [0.2, 0.25) is 11.7 Å². The van der Waals surface area contributed by atoms with E-state index < -0.39 is 0 Å². The Morgan fingerprint density at radius 3 is 3.16 bits per heavy atom. The van der Waals surface area contributed by atoms with Gasteiger partial charge >= 0.3 is 0 Å². The highest BCUT2D eigenvalue weighted by Gasteiger charge is 2.10. The molecule has 0 aromatic carbocycles. The summed E-state index contributed by atoms with van der Waals surface area (Å²) in [4.78, 5) is 13.9. The van der Waals surface area contributed by atoms with Crippen LogP contribution in [0, 0.1) is 0 Å². The number of amides is 1. The van der Waals surface area contributed by atoms with Gasteiger partial charge in [-0.05, 0) is 16.7 Å². The lowest BCUT2D eigenvalue weighted by atomic mass is 10.5. The van der Waals surface area contributed by atoms with Crippen molar-refractivity contribution in [3.63, 3.8) is 0 Å². The van der Waals surface area contributed by atoms with E-state index in [0.717, 1.165) is 4.88 Å². The summed E-state index contributed by atoms with van der Waals surface area (Å²) in [6.45, 7) is -0.00258. The SMILES string of the molecule is O=C(Cn1nnc(-c2cccs2)n1)Nc1ccn[nH]1. The second-order valence-corrected chi connectivity index (χ2v) is 4.59. The number of nitrogens with one attached hydrogen (secondary N) is 2. The highest BCUT2D eigenvalue weighted by Crippen LogP contribution is 2.19. The first-order valence-electron chi connectivity index (χ1n) is 5.42. The number of rotatable bonds is 4. The largest absolute Gasteiger partial charge is 0.309 e. The molecule has 0 aliphatic heterocycles. The van der Waals surface area contributed by atoms with Crippen molar-refractivity contribution in [2.75, 3.05) is 5.32 Å². The Kier molecular flexibility index (Phi) is 3.02. The van der Waals surface area contributed by atoms with E-state index in [-0.39, 0.29) is 12.5 Å². The molecule has 9 heteroatoms. The van der Waals surface area contributed by atoms with Gasteiger partial charge in [0.25, 0.3) is 0 Å². The molecule has 19 heavy (non-hydrogen) atoms. The minimum absolute atomic E-state index is 0.00258. The summed E-state index contributed by atoms with van der Waals surface area (Å²) < 4.78 is 0. The van der Waals surface area contributed by atoms with Crippen LogP contribution in [-0.4, -0.2) is 36.3 Å². The fourth-order valence-electron chi connectivity index (χ4n) is 1.46. The van der Waals surface area contributed by atoms with Gasteiger partial charge in [0.1, 0.15) is 12.4 Å². The lowest BCUT2D eigenvalue weighted by Gasteiger charge is -2.00. The lowest BCUT2D eigenvalue weighted by molar-refractivity contribution is -0.117. The third-order valence-electron chi connectivity index (χ3n) is 2.25. The van der Waals surface area contributed by atoms with E-state index in [2.05, 4.69) is 30.9 Å². The van der Waals surface area contributed by atoms with Crippen LogP contribution in [0.2, 0.25) is 0 Å². The van der Waals surface area contributed by atoms with Gasteiger partial charge in [-0.15, -0.1) is 21.5 Å². The molecule has 2 N–H and O–H groups in total. The van der Waals surface area contributed by atoms with Gasteiger partial charge in [0, 0.05) is 6.07 Å². The highest BCUT2D eigenvalue weighted by molar-refractivity contribution is 7.13. The molecule has 0 spiro atoms. The van der Waals surface area contributed by atoms with E-state index in [1.54, 1.807) is 12.3 Å². The molecule has 0 radical (unpaired) electrons. The van der Waals surface area contributed by atoms with E-state index in [9.17, 15) is 4.79 Å². The summed E-state index contributed by atoms with van der Waals surface area (Å²) in [5.41, 5.74) is 0. The number of aromatic nitrogens is 6. The fraction of sp³-hybridized carbons (Fsp3) is 0.100. The molecule has 3 rings (SSSR count). The van der Waals surface area contributed by atoms with E-state index in [0.29, 0.717) is 11.6 Å². The molecule has 0 bridgehead atoms. The van der Waals surface area contributed by atoms with Crippen LogP contribution in [0.5, 0.6) is 0 Å². The molecule has 3 heterocycles. The molecule has 0 unspecified atom stereocenters. The Balaban J connectivity index is 1.65. The van der Waals surface area contributed by atoms with Crippen LogP contribution in [0.25, 0.3) is 10.7 Å². The Labute approximate surface area is 111 Å². The molecule has 8 nitrogen and oxygen atoms in total. The van der Waals surface area contributed by atoms with Gasteiger partial charge in [-0.25, -0.2) is 0 Å². The number of carbonyl (C=O) groups is 1. The summed E-state index contributed by atoms with van der Waals surface area (Å²) >= 11 is 1.52. The number of thiophene rings is 1. The quantitative estimate of drug-likeness (QED) is 0.732. The van der Waals surface area contributed by atoms with Crippen molar-refractivity contribution in [1.82, 2.24) is 30.4 Å². The molecule has 96 valence electrons. The molecule has 3 aromatic rings. The predicted molar refractivity (Wildman–Crippen MR) is 68.3 cm³/mol. The van der Waals surface area contributed by atoms with Crippen LogP contribution in [0.4, 0.5) is 5.82 Å². The maximum absolute atomic E-state index is 11.7. The van der Waals surface area contributed by atoms with Crippen LogP contribution in [0.15, 0.2) is 29.8 Å². The van der Waals surface area contributed by atoms with Crippen LogP contribution >= 0.6 is 11.3 Å². The van der Waals surface area contributed by atoms with Crippen molar-refractivity contribution in [2.45, 2.75) is 6.54 Å². The Hall–Kier alpha value is -2.55. The Morgan fingerprint density at radius 2 is 2.42 bits per heavy atom. The molecule has 0 fully saturated rings. The van der Waals surface area contributed by atoms with E-state index >= 15 is 0 Å². The van der Waals surface area contributed by atoms with Crippen molar-refractivity contribution < 1.29 is 4.79 Å². The number of hydrogen-bond donors (Lipinski definition) is 2. The summed E-state index contributed by atoms with van der Waals surface area (Å²) in [6.07, 6.45) is 1.55. The molecule has 0 saturated carbocycles. The second kappa shape index (κ2) is 4.98. The smallest absolute Gasteiger partial charge is 0.249 e. The zero-order chi connectivity index (χ0) is 13.1. The summed E-state index contributed by atoms with van der Waals surface area (Å²) in [6, 6.07) is 5.46. The van der Waals surface area contributed by atoms with Crippen LogP contribution in [-0.2, 0) is 11.3 Å². The third-order valence-corrected chi connectivity index (χ3v) is 3.12. The Bertz CT molecular complexity index is 658. The zero-order valence-electron chi connectivity index (χ0n) is 9.65. The minimum Gasteiger partial charge on any atom is -0.309 e. The molecular formula is C10H9N7OS. The van der Waals surface area contributed by atoms with Crippen molar-refractivity contribution >= 4 is 23.1 Å². The number of H-pyrrole nitrogens is 1. The fourth-order valence-corrected chi connectivity index (χ4v) is 2.11. The first-order valence-corrected chi connectivity index (χ1v) is 6.30. The average molecular weight is 275 g/mol. The normalized spacial score (nSPS) is 10.5. The lowest BCUT2D eigenvalue weighted by Crippen LogP contribution is -2.20. The van der Waals surface area contributed by atoms with Gasteiger partial charge < -0.3 is 5.32 Å². The van der Waals surface area contributed by atoms with E-state index in [1.807, 2.05) is 17.5 Å². The number of tetrazole rings is 1. The first kappa shape index (κ1) is 11.5. The van der Waals surface area contributed by atoms with Crippen LogP contribution in [0.1, 0.15) is 0 Å². The third kappa shape index (κ3) is 2.65. The summed E-state index contributed by atoms with van der Waals surface area (Å²) in [5.74, 6) is 0.798. The monoisotopic (exact) mass is 275 g/mol. The maximum Gasteiger partial charge on any atom is 0.249 e. The van der Waals surface area contributed by atoms with Crippen LogP contribution < -0.4 is 5.32 Å². The van der Waals surface area contributed by atoms with Crippen molar-refractivity contribution in [1.29, 1.82) is 0 Å². The number of hydrogen-bond acceptors (Lipinski definition) is 6. The van der Waals surface area contributed by atoms with E-state index in [1.165, 1.54) is 16.1 Å². The Morgan fingerprint density at radius 1 is 1.47 bits per heavy atom. The second-order valence-electron chi connectivity index (χ2n) is 3.64. The van der Waals surface area contributed by atoms with Crippen molar-refractivity contribution in [3.05, 3.63) is 29.8 Å². The molecule has 0 atom stereocenters. The standard InChI is InChI=1S/C10H9N7OS/c18-9(12-8-3-4-11-13-8)6-17-15-10(14-16-17)7-2-1-5-19-7/h1-5H,6H2,(H2,11,12,13,18). The van der Waals surface area contributed by atoms with Gasteiger partial charge in [-0.1, -0.05) is 6.07 Å². The van der Waals surface area contributed by atoms with E-state index in [4.69, 9.17) is 0 Å². The molecule has 1 amide bonds. The molecule has 0 aliphatic rings. The van der Waals surface area contributed by atoms with Crippen molar-refractivity contribution in [2.24, 2.45) is 0 Å². The maximum atomic E-state index is 11.7. The first-order chi connectivity index (χ1) is 9.31. The summed E-state index contributed by atoms with van der Waals surface area (Å²) in [7, 11) is 0. The topological polar surface area (TPSA) is 101 Å². The predicted octanol–water partition coefficient (Wildman–Crippen LogP) is 0.763. The molecular weight excluding hydrogens is 266 g/mol. The van der Waals surface area contributed by atoms with Crippen LogP contribution in [0.3, 0.4) is 0 Å². The van der Waals surface area contributed by atoms with Gasteiger partial charge in [0.15, 0.2) is 0 Å². The molecule has 0 aliphatic carbocycles. The van der Waals surface area contributed by atoms with Gasteiger partial charge in [-0.3, -0.25) is 9.89 Å². The van der Waals surface area contributed by atoms with Gasteiger partial charge in [-0.2, -0.15) is 9.90 Å². The number of aromatic amines is 1. The number of nitrogens with zero attached hydrogens (tertiary/aromatic N) is 5. The summed E-state index contributed by atoms with van der Waals surface area (Å²) in [5, 5.41) is 22.8. The number of carbonyl (C=O) groups excluding carboxylic acids is 1. The average Bonchev–Trinajstić information content (AvgIpc) is 3.09. The van der Waals surface area contributed by atoms with Gasteiger partial charge in [0.05, 0.1) is 11.1 Å². The van der Waals surface area contributed by atoms with Crippen molar-refractivity contribution in [3.8, 4) is 10.7 Å². The molecule has 0 saturated heterocycles. The zero-order valence-corrected chi connectivity index (χ0v) is 10.5. The minimum atomic E-state index is -0.251. The highest BCUT2D eigenvalue weighted by atomic mass is 32.1.